The van der Waals surface area contributed by atoms with E-state index >= 15 is 0 Å². The van der Waals surface area contributed by atoms with Crippen molar-refractivity contribution in [3.8, 4) is 5.75 Å². The molecule has 3 nitrogen and oxygen atoms in total. The Morgan fingerprint density at radius 2 is 1.86 bits per heavy atom. The molecule has 0 aromatic heterocycles. The first-order valence-corrected chi connectivity index (χ1v) is 8.41. The predicted molar refractivity (Wildman–Crippen MR) is 88.6 cm³/mol. The van der Waals surface area contributed by atoms with Crippen LogP contribution in [0.5, 0.6) is 5.75 Å². The average molecular weight is 290 g/mol. The number of ether oxygens (including phenoxy) is 1. The molecule has 1 aliphatic carbocycles. The summed E-state index contributed by atoms with van der Waals surface area (Å²) >= 11 is 0. The molecule has 0 bridgehead atoms. The van der Waals surface area contributed by atoms with Gasteiger partial charge in [-0.1, -0.05) is 43.9 Å². The van der Waals surface area contributed by atoms with E-state index in [4.69, 9.17) is 10.5 Å². The van der Waals surface area contributed by atoms with Crippen molar-refractivity contribution in [2.45, 2.75) is 57.5 Å². The first-order chi connectivity index (χ1) is 10.3. The number of benzene rings is 1. The first-order valence-electron chi connectivity index (χ1n) is 8.41. The lowest BCUT2D eigenvalue weighted by atomic mass is 10.0. The molecule has 1 aromatic rings. The minimum atomic E-state index is 0.712. The van der Waals surface area contributed by atoms with E-state index in [9.17, 15) is 0 Å². The van der Waals surface area contributed by atoms with E-state index in [1.54, 1.807) is 7.11 Å². The van der Waals surface area contributed by atoms with Gasteiger partial charge in [0, 0.05) is 18.2 Å². The van der Waals surface area contributed by atoms with E-state index in [1.165, 1.54) is 44.1 Å². The Hall–Kier alpha value is -1.06. The maximum atomic E-state index is 5.74. The summed E-state index contributed by atoms with van der Waals surface area (Å²) in [6.45, 7) is 2.85. The van der Waals surface area contributed by atoms with E-state index in [-0.39, 0.29) is 0 Å². The van der Waals surface area contributed by atoms with Crippen LogP contribution in [-0.4, -0.2) is 31.1 Å². The number of nitrogens with two attached hydrogens (primary N) is 1. The summed E-state index contributed by atoms with van der Waals surface area (Å²) in [4.78, 5) is 2.63. The van der Waals surface area contributed by atoms with Crippen molar-refractivity contribution in [2.24, 2.45) is 5.73 Å². The van der Waals surface area contributed by atoms with Crippen LogP contribution in [0.1, 0.15) is 50.5 Å². The molecule has 0 saturated heterocycles. The second kappa shape index (κ2) is 9.06. The number of nitrogens with zero attached hydrogens (tertiary/aromatic N) is 1. The van der Waals surface area contributed by atoms with Gasteiger partial charge in [0.15, 0.2) is 0 Å². The SMILES string of the molecule is COc1ccccc1CN(CCCN)C1CCCCCC1. The summed E-state index contributed by atoms with van der Waals surface area (Å²) in [5.41, 5.74) is 7.03. The fourth-order valence-corrected chi connectivity index (χ4v) is 3.36. The van der Waals surface area contributed by atoms with Crippen LogP contribution in [0.3, 0.4) is 0 Å². The van der Waals surface area contributed by atoms with Crippen LogP contribution in [-0.2, 0) is 6.54 Å². The number of rotatable bonds is 7. The van der Waals surface area contributed by atoms with Crippen molar-refractivity contribution < 1.29 is 4.74 Å². The van der Waals surface area contributed by atoms with E-state index in [0.29, 0.717) is 6.04 Å². The van der Waals surface area contributed by atoms with Crippen molar-refractivity contribution >= 4 is 0 Å². The molecule has 0 atom stereocenters. The average Bonchev–Trinajstić information content (AvgIpc) is 2.81. The van der Waals surface area contributed by atoms with Crippen LogP contribution < -0.4 is 10.5 Å². The Balaban J connectivity index is 2.07. The Morgan fingerprint density at radius 3 is 2.52 bits per heavy atom. The van der Waals surface area contributed by atoms with Gasteiger partial charge in [-0.2, -0.15) is 0 Å². The molecule has 0 aliphatic heterocycles. The first kappa shape index (κ1) is 16.3. The molecule has 3 heteroatoms. The van der Waals surface area contributed by atoms with Crippen LogP contribution in [0.2, 0.25) is 0 Å². The van der Waals surface area contributed by atoms with Crippen molar-refractivity contribution in [3.05, 3.63) is 29.8 Å². The topological polar surface area (TPSA) is 38.5 Å². The van der Waals surface area contributed by atoms with Gasteiger partial charge < -0.3 is 10.5 Å². The van der Waals surface area contributed by atoms with Gasteiger partial charge in [0.1, 0.15) is 5.75 Å². The lowest BCUT2D eigenvalue weighted by Crippen LogP contribution is -2.36. The highest BCUT2D eigenvalue weighted by Gasteiger charge is 2.20. The van der Waals surface area contributed by atoms with Crippen LogP contribution >= 0.6 is 0 Å². The molecular weight excluding hydrogens is 260 g/mol. The number of methoxy groups -OCH3 is 1. The highest BCUT2D eigenvalue weighted by molar-refractivity contribution is 5.33. The maximum absolute atomic E-state index is 5.74. The summed E-state index contributed by atoms with van der Waals surface area (Å²) in [5.74, 6) is 1.00. The molecule has 0 heterocycles. The number of para-hydroxylation sites is 1. The van der Waals surface area contributed by atoms with Gasteiger partial charge in [-0.15, -0.1) is 0 Å². The van der Waals surface area contributed by atoms with Crippen LogP contribution in [0.15, 0.2) is 24.3 Å². The largest absolute Gasteiger partial charge is 0.496 e. The van der Waals surface area contributed by atoms with Gasteiger partial charge in [-0.3, -0.25) is 4.90 Å². The highest BCUT2D eigenvalue weighted by atomic mass is 16.5. The van der Waals surface area contributed by atoms with Crippen LogP contribution in [0.4, 0.5) is 0 Å². The van der Waals surface area contributed by atoms with Gasteiger partial charge in [0.05, 0.1) is 7.11 Å². The molecule has 0 amide bonds. The van der Waals surface area contributed by atoms with Gasteiger partial charge in [0.25, 0.3) is 0 Å². The Labute approximate surface area is 129 Å². The molecule has 0 spiro atoms. The molecule has 118 valence electrons. The van der Waals surface area contributed by atoms with Gasteiger partial charge in [-0.05, 0) is 38.4 Å². The smallest absolute Gasteiger partial charge is 0.123 e. The monoisotopic (exact) mass is 290 g/mol. The van der Waals surface area contributed by atoms with Crippen molar-refractivity contribution in [1.29, 1.82) is 0 Å². The zero-order valence-corrected chi connectivity index (χ0v) is 13.4. The molecular formula is C18H30N2O. The third kappa shape index (κ3) is 5.01. The van der Waals surface area contributed by atoms with Crippen LogP contribution in [0.25, 0.3) is 0 Å². The highest BCUT2D eigenvalue weighted by Crippen LogP contribution is 2.26. The third-order valence-electron chi connectivity index (χ3n) is 4.56. The molecule has 2 N–H and O–H groups in total. The van der Waals surface area contributed by atoms with E-state index in [0.717, 1.165) is 31.8 Å². The fraction of sp³-hybridized carbons (Fsp3) is 0.667. The van der Waals surface area contributed by atoms with Crippen LogP contribution in [0, 0.1) is 0 Å². The fourth-order valence-electron chi connectivity index (χ4n) is 3.36. The lowest BCUT2D eigenvalue weighted by molar-refractivity contribution is 0.167. The number of hydrogen-bond acceptors (Lipinski definition) is 3. The Kier molecular flexibility index (Phi) is 7.04. The normalized spacial score (nSPS) is 16.9. The maximum Gasteiger partial charge on any atom is 0.123 e. The van der Waals surface area contributed by atoms with E-state index < -0.39 is 0 Å². The minimum Gasteiger partial charge on any atom is -0.496 e. The summed E-state index contributed by atoms with van der Waals surface area (Å²) < 4.78 is 5.51. The Bertz CT molecular complexity index is 400. The lowest BCUT2D eigenvalue weighted by Gasteiger charge is -2.31. The second-order valence-corrected chi connectivity index (χ2v) is 6.07. The summed E-state index contributed by atoms with van der Waals surface area (Å²) in [6.07, 6.45) is 9.28. The van der Waals surface area contributed by atoms with Crippen molar-refractivity contribution in [1.82, 2.24) is 4.90 Å². The van der Waals surface area contributed by atoms with E-state index in [1.807, 2.05) is 6.07 Å². The Morgan fingerprint density at radius 1 is 1.14 bits per heavy atom. The summed E-state index contributed by atoms with van der Waals surface area (Å²) in [7, 11) is 1.76. The molecule has 1 aromatic carbocycles. The third-order valence-corrected chi connectivity index (χ3v) is 4.56. The van der Waals surface area contributed by atoms with Gasteiger partial charge in [-0.25, -0.2) is 0 Å². The molecule has 0 radical (unpaired) electrons. The number of hydrogen-bond donors (Lipinski definition) is 1. The molecule has 1 aliphatic rings. The van der Waals surface area contributed by atoms with Crippen molar-refractivity contribution in [2.75, 3.05) is 20.2 Å². The quantitative estimate of drug-likeness (QED) is 0.780. The van der Waals surface area contributed by atoms with Gasteiger partial charge >= 0.3 is 0 Å². The summed E-state index contributed by atoms with van der Waals surface area (Å²) in [5, 5.41) is 0. The zero-order valence-electron chi connectivity index (χ0n) is 13.4. The zero-order chi connectivity index (χ0) is 14.9. The van der Waals surface area contributed by atoms with Gasteiger partial charge in [0.2, 0.25) is 0 Å². The molecule has 1 fully saturated rings. The molecule has 21 heavy (non-hydrogen) atoms. The standard InChI is InChI=1S/C18H30N2O/c1-21-18-12-7-6-9-16(18)15-20(14-8-13-19)17-10-4-2-3-5-11-17/h6-7,9,12,17H,2-5,8,10-11,13-15,19H2,1H3. The molecule has 2 rings (SSSR count). The molecule has 1 saturated carbocycles. The summed E-state index contributed by atoms with van der Waals surface area (Å²) in [6, 6.07) is 9.10. The predicted octanol–water partition coefficient (Wildman–Crippen LogP) is 3.57. The van der Waals surface area contributed by atoms with Crippen molar-refractivity contribution in [3.63, 3.8) is 0 Å². The second-order valence-electron chi connectivity index (χ2n) is 6.07. The van der Waals surface area contributed by atoms with E-state index in [2.05, 4.69) is 23.1 Å². The minimum absolute atomic E-state index is 0.712. The molecule has 0 unspecified atom stereocenters.